The average molecular weight is 467 g/mol. The summed E-state index contributed by atoms with van der Waals surface area (Å²) in [6.45, 7) is 0. The number of hydrogen-bond acceptors (Lipinski definition) is 4. The van der Waals surface area contributed by atoms with Crippen LogP contribution >= 0.6 is 0 Å². The standard InChI is InChI=1S/C12H5F12N3O3/c13-6(14)8(15,16)10(19,20)12(23,24)11(21,22)9(17,18)7(28)26-5-2-1-4(3-25-5)27(29)30/h1-3,6H,(H,25,26,28). The fraction of sp³-hybridized carbons (Fsp3) is 0.500. The van der Waals surface area contributed by atoms with E-state index in [1.807, 2.05) is 0 Å². The molecular weight excluding hydrogens is 462 g/mol. The second-order valence-electron chi connectivity index (χ2n) is 5.33. The van der Waals surface area contributed by atoms with E-state index in [1.54, 1.807) is 0 Å². The molecule has 0 atom stereocenters. The van der Waals surface area contributed by atoms with Gasteiger partial charge in [0.2, 0.25) is 0 Å². The summed E-state index contributed by atoms with van der Waals surface area (Å²) in [6.07, 6.45) is -5.39. The van der Waals surface area contributed by atoms with Gasteiger partial charge in [-0.25, -0.2) is 13.8 Å². The molecule has 1 rings (SSSR count). The summed E-state index contributed by atoms with van der Waals surface area (Å²) in [4.78, 5) is 23.4. The van der Waals surface area contributed by atoms with Crippen molar-refractivity contribution in [2.24, 2.45) is 0 Å². The normalized spacial score (nSPS) is 14.0. The zero-order chi connectivity index (χ0) is 23.9. The second kappa shape index (κ2) is 7.46. The van der Waals surface area contributed by atoms with Crippen LogP contribution in [-0.2, 0) is 4.79 Å². The lowest BCUT2D eigenvalue weighted by Gasteiger charge is -2.38. The van der Waals surface area contributed by atoms with Crippen LogP contribution in [0.4, 0.5) is 64.2 Å². The summed E-state index contributed by atoms with van der Waals surface area (Å²) >= 11 is 0. The van der Waals surface area contributed by atoms with Crippen molar-refractivity contribution in [2.45, 2.75) is 36.0 Å². The van der Waals surface area contributed by atoms with Gasteiger partial charge in [0.1, 0.15) is 12.0 Å². The van der Waals surface area contributed by atoms with Crippen LogP contribution in [0, 0.1) is 10.1 Å². The van der Waals surface area contributed by atoms with Crippen LogP contribution in [0.3, 0.4) is 0 Å². The van der Waals surface area contributed by atoms with E-state index in [0.717, 1.165) is 5.32 Å². The zero-order valence-corrected chi connectivity index (χ0v) is 13.5. The summed E-state index contributed by atoms with van der Waals surface area (Å²) in [5, 5.41) is 11.1. The molecule has 0 aliphatic carbocycles. The van der Waals surface area contributed by atoms with E-state index in [-0.39, 0.29) is 6.20 Å². The lowest BCUT2D eigenvalue weighted by molar-refractivity contribution is -0.406. The van der Waals surface area contributed by atoms with Crippen molar-refractivity contribution >= 4 is 17.4 Å². The average Bonchev–Trinajstić information content (AvgIpc) is 2.61. The van der Waals surface area contributed by atoms with Crippen molar-refractivity contribution in [1.82, 2.24) is 4.98 Å². The number of amides is 1. The number of nitrogens with one attached hydrogen (secondary N) is 1. The number of anilines is 1. The predicted molar refractivity (Wildman–Crippen MR) is 70.3 cm³/mol. The number of rotatable bonds is 8. The van der Waals surface area contributed by atoms with Gasteiger partial charge in [-0.1, -0.05) is 0 Å². The van der Waals surface area contributed by atoms with Gasteiger partial charge in [0.25, 0.3) is 5.69 Å². The van der Waals surface area contributed by atoms with E-state index in [9.17, 15) is 67.6 Å². The minimum absolute atomic E-state index is 0.276. The minimum atomic E-state index is -7.86. The number of pyridine rings is 1. The smallest absolute Gasteiger partial charge is 0.305 e. The van der Waals surface area contributed by atoms with Crippen molar-refractivity contribution in [3.63, 3.8) is 0 Å². The van der Waals surface area contributed by atoms with Crippen molar-refractivity contribution in [2.75, 3.05) is 5.32 Å². The Balaban J connectivity index is 3.30. The van der Waals surface area contributed by atoms with Crippen molar-refractivity contribution in [1.29, 1.82) is 0 Å². The highest BCUT2D eigenvalue weighted by Crippen LogP contribution is 2.58. The molecule has 1 aromatic heterocycles. The summed E-state index contributed by atoms with van der Waals surface area (Å²) in [7, 11) is 0. The summed E-state index contributed by atoms with van der Waals surface area (Å²) in [6, 6.07) is 0.798. The Morgan fingerprint density at radius 2 is 1.43 bits per heavy atom. The highest BCUT2D eigenvalue weighted by Gasteiger charge is 2.89. The van der Waals surface area contributed by atoms with E-state index in [2.05, 4.69) is 4.98 Å². The van der Waals surface area contributed by atoms with Crippen LogP contribution in [-0.4, -0.2) is 51.9 Å². The Morgan fingerprint density at radius 3 is 1.80 bits per heavy atom. The first kappa shape index (κ1) is 25.2. The van der Waals surface area contributed by atoms with E-state index in [0.29, 0.717) is 12.1 Å². The minimum Gasteiger partial charge on any atom is -0.305 e. The number of hydrogen-bond donors (Lipinski definition) is 1. The monoisotopic (exact) mass is 467 g/mol. The highest BCUT2D eigenvalue weighted by atomic mass is 19.4. The van der Waals surface area contributed by atoms with Crippen molar-refractivity contribution in [3.8, 4) is 0 Å². The Labute approximate surface area is 156 Å². The van der Waals surface area contributed by atoms with E-state index < -0.39 is 58.4 Å². The lowest BCUT2D eigenvalue weighted by atomic mass is 9.94. The SMILES string of the molecule is O=C(Nc1ccc([N+](=O)[O-])cn1)C(F)(F)C(F)(F)C(F)(F)C(F)(F)C(F)(F)C(F)F. The molecule has 1 amide bonds. The first-order valence-electron chi connectivity index (χ1n) is 6.84. The van der Waals surface area contributed by atoms with Crippen LogP contribution < -0.4 is 5.32 Å². The van der Waals surface area contributed by atoms with Gasteiger partial charge in [-0.2, -0.15) is 43.9 Å². The topological polar surface area (TPSA) is 85.1 Å². The van der Waals surface area contributed by atoms with Crippen molar-refractivity contribution < 1.29 is 62.4 Å². The number of alkyl halides is 12. The third kappa shape index (κ3) is 3.69. The van der Waals surface area contributed by atoms with Crippen LogP contribution in [0.1, 0.15) is 0 Å². The molecule has 1 heterocycles. The number of carbonyl (C=O) groups is 1. The largest absolute Gasteiger partial charge is 0.393 e. The molecule has 0 fully saturated rings. The van der Waals surface area contributed by atoms with Crippen LogP contribution in [0.5, 0.6) is 0 Å². The third-order valence-electron chi connectivity index (χ3n) is 3.36. The summed E-state index contributed by atoms with van der Waals surface area (Å²) in [5.74, 6) is -41.9. The molecule has 1 N–H and O–H groups in total. The van der Waals surface area contributed by atoms with Gasteiger partial charge in [-0.15, -0.1) is 0 Å². The van der Waals surface area contributed by atoms with Gasteiger partial charge in [0, 0.05) is 6.07 Å². The molecule has 0 saturated carbocycles. The molecule has 18 heteroatoms. The fourth-order valence-electron chi connectivity index (χ4n) is 1.65. The predicted octanol–water partition coefficient (Wildman–Crippen LogP) is 4.37. The molecule has 0 radical (unpaired) electrons. The number of nitrogens with zero attached hydrogens (tertiary/aromatic N) is 2. The highest BCUT2D eigenvalue weighted by molar-refractivity contribution is 5.96. The maximum absolute atomic E-state index is 13.6. The molecule has 6 nitrogen and oxygen atoms in total. The van der Waals surface area contributed by atoms with Gasteiger partial charge in [-0.05, 0) is 6.07 Å². The van der Waals surface area contributed by atoms with Crippen LogP contribution in [0.15, 0.2) is 18.3 Å². The van der Waals surface area contributed by atoms with Gasteiger partial charge in [0.05, 0.1) is 4.92 Å². The van der Waals surface area contributed by atoms with Crippen LogP contribution in [0.2, 0.25) is 0 Å². The molecule has 0 saturated heterocycles. The molecule has 30 heavy (non-hydrogen) atoms. The maximum atomic E-state index is 13.6. The Bertz CT molecular complexity index is 812. The molecule has 1 aromatic rings. The first-order chi connectivity index (χ1) is 13.2. The second-order valence-corrected chi connectivity index (χ2v) is 5.33. The number of nitro groups is 1. The number of aromatic nitrogens is 1. The maximum Gasteiger partial charge on any atom is 0.393 e. The Hall–Kier alpha value is -2.82. The van der Waals surface area contributed by atoms with E-state index in [1.165, 1.54) is 0 Å². The van der Waals surface area contributed by atoms with Gasteiger partial charge >= 0.3 is 41.9 Å². The van der Waals surface area contributed by atoms with E-state index >= 15 is 0 Å². The Kier molecular flexibility index (Phi) is 6.27. The quantitative estimate of drug-likeness (QED) is 0.350. The van der Waals surface area contributed by atoms with Gasteiger partial charge in [-0.3, -0.25) is 14.9 Å². The summed E-state index contributed by atoms with van der Waals surface area (Å²) in [5.41, 5.74) is -0.814. The molecule has 0 unspecified atom stereocenters. The number of halogens is 12. The van der Waals surface area contributed by atoms with Crippen molar-refractivity contribution in [3.05, 3.63) is 28.4 Å². The Morgan fingerprint density at radius 1 is 0.933 bits per heavy atom. The summed E-state index contributed by atoms with van der Waals surface area (Å²) < 4.78 is 156. The van der Waals surface area contributed by atoms with Crippen LogP contribution in [0.25, 0.3) is 0 Å². The molecule has 0 spiro atoms. The third-order valence-corrected chi connectivity index (χ3v) is 3.36. The number of carbonyl (C=O) groups excluding carboxylic acids is 1. The fourth-order valence-corrected chi connectivity index (χ4v) is 1.65. The van der Waals surface area contributed by atoms with E-state index in [4.69, 9.17) is 0 Å². The van der Waals surface area contributed by atoms with Gasteiger partial charge in [0.15, 0.2) is 0 Å². The molecule has 0 aliphatic heterocycles. The van der Waals surface area contributed by atoms with Gasteiger partial charge < -0.3 is 5.32 Å². The lowest BCUT2D eigenvalue weighted by Crippen LogP contribution is -2.70. The molecule has 0 bridgehead atoms. The molecule has 0 aliphatic rings. The molecular formula is C12H5F12N3O3. The molecule has 170 valence electrons. The zero-order valence-electron chi connectivity index (χ0n) is 13.5. The first-order valence-corrected chi connectivity index (χ1v) is 6.84. The molecule has 0 aromatic carbocycles.